The first-order valence-corrected chi connectivity index (χ1v) is 13.1. The number of hydrogen-bond donors (Lipinski definition) is 1. The molecule has 0 aromatic heterocycles. The van der Waals surface area contributed by atoms with Crippen molar-refractivity contribution in [3.05, 3.63) is 54.6 Å². The number of sulfonamides is 1. The molecule has 1 aliphatic heterocycles. The maximum absolute atomic E-state index is 12.7. The van der Waals surface area contributed by atoms with Gasteiger partial charge < -0.3 is 19.9 Å². The molecule has 33 heavy (non-hydrogen) atoms. The minimum absolute atomic E-state index is 0.316. The van der Waals surface area contributed by atoms with Gasteiger partial charge in [-0.05, 0) is 63.3 Å². The standard InChI is InChI=1S/C24H34N4O4S/c1-20(24(29)25-14-7-15-27-18-16-26(2)17-19-27)28(33(3,30)31)21-10-12-23(13-11-21)32-22-8-5-4-6-9-22/h4-6,8-13,20H,7,14-19H2,1-3H3,(H,25,29)/t20-/m1/s1. The number of piperazine rings is 1. The highest BCUT2D eigenvalue weighted by atomic mass is 32.2. The molecule has 1 N–H and O–H groups in total. The molecule has 0 unspecified atom stereocenters. The van der Waals surface area contributed by atoms with Crippen molar-refractivity contribution in [2.75, 3.05) is 56.9 Å². The van der Waals surface area contributed by atoms with E-state index in [9.17, 15) is 13.2 Å². The van der Waals surface area contributed by atoms with E-state index in [2.05, 4.69) is 22.2 Å². The first-order chi connectivity index (χ1) is 15.7. The average Bonchev–Trinajstić information content (AvgIpc) is 2.79. The number of nitrogens with zero attached hydrogens (tertiary/aromatic N) is 3. The van der Waals surface area contributed by atoms with Gasteiger partial charge in [0.25, 0.3) is 0 Å². The van der Waals surface area contributed by atoms with E-state index in [1.165, 1.54) is 0 Å². The van der Waals surface area contributed by atoms with Gasteiger partial charge in [0.2, 0.25) is 15.9 Å². The van der Waals surface area contributed by atoms with E-state index in [4.69, 9.17) is 4.74 Å². The predicted octanol–water partition coefficient (Wildman–Crippen LogP) is 2.39. The van der Waals surface area contributed by atoms with Gasteiger partial charge >= 0.3 is 0 Å². The quantitative estimate of drug-likeness (QED) is 0.533. The van der Waals surface area contributed by atoms with Crippen LogP contribution in [-0.4, -0.2) is 82.7 Å². The van der Waals surface area contributed by atoms with E-state index < -0.39 is 16.1 Å². The first-order valence-electron chi connectivity index (χ1n) is 11.2. The lowest BCUT2D eigenvalue weighted by Crippen LogP contribution is -2.48. The zero-order chi connectivity index (χ0) is 23.8. The fourth-order valence-corrected chi connectivity index (χ4v) is 5.00. The Morgan fingerprint density at radius 2 is 1.64 bits per heavy atom. The molecular formula is C24H34N4O4S. The summed E-state index contributed by atoms with van der Waals surface area (Å²) in [7, 11) is -1.55. The van der Waals surface area contributed by atoms with Crippen molar-refractivity contribution in [1.29, 1.82) is 0 Å². The molecule has 0 radical (unpaired) electrons. The van der Waals surface area contributed by atoms with E-state index in [0.29, 0.717) is 23.7 Å². The summed E-state index contributed by atoms with van der Waals surface area (Å²) in [4.78, 5) is 17.4. The summed E-state index contributed by atoms with van der Waals surface area (Å²) in [6.45, 7) is 7.21. The monoisotopic (exact) mass is 474 g/mol. The Morgan fingerprint density at radius 1 is 1.03 bits per heavy atom. The van der Waals surface area contributed by atoms with Gasteiger partial charge in [0.05, 0.1) is 11.9 Å². The Morgan fingerprint density at radius 3 is 2.24 bits per heavy atom. The molecule has 0 spiro atoms. The predicted molar refractivity (Wildman–Crippen MR) is 131 cm³/mol. The summed E-state index contributed by atoms with van der Waals surface area (Å²) >= 11 is 0. The van der Waals surface area contributed by atoms with Gasteiger partial charge in [-0.1, -0.05) is 18.2 Å². The number of anilines is 1. The van der Waals surface area contributed by atoms with Crippen molar-refractivity contribution < 1.29 is 17.9 Å². The van der Waals surface area contributed by atoms with Gasteiger partial charge in [-0.2, -0.15) is 0 Å². The number of carbonyl (C=O) groups excluding carboxylic acids is 1. The molecule has 1 heterocycles. The maximum Gasteiger partial charge on any atom is 0.243 e. The van der Waals surface area contributed by atoms with Crippen LogP contribution in [-0.2, 0) is 14.8 Å². The summed E-state index contributed by atoms with van der Waals surface area (Å²) in [5.41, 5.74) is 0.415. The Balaban J connectivity index is 1.56. The molecule has 8 nitrogen and oxygen atoms in total. The molecule has 0 aliphatic carbocycles. The average molecular weight is 475 g/mol. The second kappa shape index (κ2) is 11.5. The van der Waals surface area contributed by atoms with Gasteiger partial charge in [-0.3, -0.25) is 9.10 Å². The summed E-state index contributed by atoms with van der Waals surface area (Å²) < 4.78 is 32.0. The van der Waals surface area contributed by atoms with Crippen molar-refractivity contribution in [3.63, 3.8) is 0 Å². The Hall–Kier alpha value is -2.62. The van der Waals surface area contributed by atoms with Crippen LogP contribution in [0, 0.1) is 0 Å². The lowest BCUT2D eigenvalue weighted by molar-refractivity contribution is -0.121. The number of amides is 1. The van der Waals surface area contributed by atoms with E-state index in [1.54, 1.807) is 31.2 Å². The minimum Gasteiger partial charge on any atom is -0.457 e. The summed E-state index contributed by atoms with van der Waals surface area (Å²) in [5.74, 6) is 0.956. The van der Waals surface area contributed by atoms with Crippen LogP contribution >= 0.6 is 0 Å². The number of para-hydroxylation sites is 1. The SMILES string of the molecule is C[C@H](C(=O)NCCCN1CCN(C)CC1)N(c1ccc(Oc2ccccc2)cc1)S(C)(=O)=O. The first kappa shape index (κ1) is 25.0. The highest BCUT2D eigenvalue weighted by Gasteiger charge is 2.29. The number of ether oxygens (including phenoxy) is 1. The normalized spacial score (nSPS) is 16.2. The number of carbonyl (C=O) groups is 1. The molecule has 0 saturated carbocycles. The van der Waals surface area contributed by atoms with Crippen molar-refractivity contribution >= 4 is 21.6 Å². The van der Waals surface area contributed by atoms with Crippen molar-refractivity contribution in [2.24, 2.45) is 0 Å². The molecular weight excluding hydrogens is 440 g/mol. The van der Waals surface area contributed by atoms with Gasteiger partial charge in [-0.25, -0.2) is 8.42 Å². The van der Waals surface area contributed by atoms with Crippen LogP contribution in [0.25, 0.3) is 0 Å². The van der Waals surface area contributed by atoms with E-state index in [1.807, 2.05) is 30.3 Å². The van der Waals surface area contributed by atoms with Crippen LogP contribution in [0.5, 0.6) is 11.5 Å². The van der Waals surface area contributed by atoms with E-state index in [-0.39, 0.29) is 5.91 Å². The summed E-state index contributed by atoms with van der Waals surface area (Å²) in [6.07, 6.45) is 1.94. The van der Waals surface area contributed by atoms with E-state index in [0.717, 1.165) is 49.7 Å². The fraction of sp³-hybridized carbons (Fsp3) is 0.458. The molecule has 1 amide bonds. The van der Waals surface area contributed by atoms with Crippen LogP contribution in [0.4, 0.5) is 5.69 Å². The van der Waals surface area contributed by atoms with Gasteiger partial charge in [-0.15, -0.1) is 0 Å². The largest absolute Gasteiger partial charge is 0.457 e. The lowest BCUT2D eigenvalue weighted by atomic mass is 10.2. The third-order valence-corrected chi connectivity index (χ3v) is 6.95. The number of rotatable bonds is 10. The molecule has 0 bridgehead atoms. The van der Waals surface area contributed by atoms with Crippen LogP contribution < -0.4 is 14.4 Å². The number of nitrogens with one attached hydrogen (secondary N) is 1. The molecule has 9 heteroatoms. The highest BCUT2D eigenvalue weighted by molar-refractivity contribution is 7.92. The minimum atomic E-state index is -3.67. The molecule has 3 rings (SSSR count). The second-order valence-corrected chi connectivity index (χ2v) is 10.3. The van der Waals surface area contributed by atoms with Crippen LogP contribution in [0.15, 0.2) is 54.6 Å². The molecule has 1 atom stereocenters. The van der Waals surface area contributed by atoms with Crippen molar-refractivity contribution in [1.82, 2.24) is 15.1 Å². The smallest absolute Gasteiger partial charge is 0.243 e. The maximum atomic E-state index is 12.7. The molecule has 1 fully saturated rings. The van der Waals surface area contributed by atoms with Gasteiger partial charge in [0.15, 0.2) is 0 Å². The Kier molecular flexibility index (Phi) is 8.71. The van der Waals surface area contributed by atoms with Crippen molar-refractivity contribution in [3.8, 4) is 11.5 Å². The molecule has 2 aromatic rings. The van der Waals surface area contributed by atoms with Gasteiger partial charge in [0, 0.05) is 32.7 Å². The summed E-state index contributed by atoms with van der Waals surface area (Å²) in [6, 6.07) is 15.2. The molecule has 180 valence electrons. The lowest BCUT2D eigenvalue weighted by Gasteiger charge is -2.32. The number of likely N-dealkylation sites (N-methyl/N-ethyl adjacent to an activating group) is 1. The summed E-state index contributed by atoms with van der Waals surface area (Å²) in [5, 5.41) is 2.89. The Bertz CT molecular complexity index is 991. The van der Waals surface area contributed by atoms with Crippen LogP contribution in [0.3, 0.4) is 0 Å². The molecule has 1 aliphatic rings. The zero-order valence-corrected chi connectivity index (χ0v) is 20.4. The molecule has 2 aromatic carbocycles. The van der Waals surface area contributed by atoms with Crippen LogP contribution in [0.2, 0.25) is 0 Å². The Labute approximate surface area is 197 Å². The topological polar surface area (TPSA) is 82.2 Å². The van der Waals surface area contributed by atoms with E-state index >= 15 is 0 Å². The number of benzene rings is 2. The van der Waals surface area contributed by atoms with Gasteiger partial charge in [0.1, 0.15) is 17.5 Å². The molecule has 1 saturated heterocycles. The highest BCUT2D eigenvalue weighted by Crippen LogP contribution is 2.26. The van der Waals surface area contributed by atoms with Crippen molar-refractivity contribution in [2.45, 2.75) is 19.4 Å². The third-order valence-electron chi connectivity index (χ3n) is 5.70. The van der Waals surface area contributed by atoms with Crippen LogP contribution in [0.1, 0.15) is 13.3 Å². The third kappa shape index (κ3) is 7.45. The second-order valence-electron chi connectivity index (χ2n) is 8.43. The zero-order valence-electron chi connectivity index (χ0n) is 19.6. The fourth-order valence-electron chi connectivity index (χ4n) is 3.83. The number of hydrogen-bond acceptors (Lipinski definition) is 6.